The first-order chi connectivity index (χ1) is 24.2. The number of aldehydes is 1. The van der Waals surface area contributed by atoms with Crippen LogP contribution in [0, 0.1) is 0 Å². The molecule has 0 saturated carbocycles. The normalized spacial score (nSPS) is 11.5. The summed E-state index contributed by atoms with van der Waals surface area (Å²) in [4.78, 5) is 16.5. The number of hydrogen-bond donors (Lipinski definition) is 1. The Balaban J connectivity index is 1.50. The number of aliphatic hydroxyl groups excluding tert-OH is 1. The molecular formula is C41H36N6O2. The summed E-state index contributed by atoms with van der Waals surface area (Å²) >= 11 is 0. The van der Waals surface area contributed by atoms with E-state index in [0.717, 1.165) is 57.5 Å². The van der Waals surface area contributed by atoms with Crippen LogP contribution in [0.25, 0.3) is 22.5 Å². The summed E-state index contributed by atoms with van der Waals surface area (Å²) in [6, 6.07) is 47.5. The van der Waals surface area contributed by atoms with E-state index in [1.165, 1.54) is 0 Å². The lowest BCUT2D eigenvalue weighted by atomic mass is 9.77. The second-order valence-corrected chi connectivity index (χ2v) is 11.9. The van der Waals surface area contributed by atoms with Crippen LogP contribution in [-0.2, 0) is 25.1 Å². The van der Waals surface area contributed by atoms with E-state index in [-0.39, 0.29) is 12.3 Å². The SMILES string of the molecule is CCCc1nc(C=O)c(CO)n1Cc1ccc(-c2ccccc2)c(-c2nnnn2C(c2ccccc2)(c2ccccc2)c2ccccc2)c1. The molecule has 7 rings (SSSR count). The van der Waals surface area contributed by atoms with Crippen molar-refractivity contribution in [3.8, 4) is 22.5 Å². The van der Waals surface area contributed by atoms with Crippen LogP contribution in [0.4, 0.5) is 0 Å². The predicted molar refractivity (Wildman–Crippen MR) is 190 cm³/mol. The molecule has 2 heterocycles. The number of carbonyl (C=O) groups excluding carboxylic acids is 1. The molecule has 1 N–H and O–H groups in total. The van der Waals surface area contributed by atoms with Gasteiger partial charge in [-0.15, -0.1) is 5.10 Å². The van der Waals surface area contributed by atoms with Crippen molar-refractivity contribution < 1.29 is 9.90 Å². The van der Waals surface area contributed by atoms with E-state index in [0.29, 0.717) is 24.5 Å². The minimum Gasteiger partial charge on any atom is -0.390 e. The Hall–Kier alpha value is -5.99. The first-order valence-electron chi connectivity index (χ1n) is 16.5. The van der Waals surface area contributed by atoms with Crippen molar-refractivity contribution in [3.05, 3.63) is 179 Å². The lowest BCUT2D eigenvalue weighted by molar-refractivity contribution is 0.111. The van der Waals surface area contributed by atoms with Crippen LogP contribution >= 0.6 is 0 Å². The van der Waals surface area contributed by atoms with Crippen LogP contribution in [0.2, 0.25) is 0 Å². The van der Waals surface area contributed by atoms with E-state index in [9.17, 15) is 9.90 Å². The quantitative estimate of drug-likeness (QED) is 0.110. The average Bonchev–Trinajstić information content (AvgIpc) is 3.79. The molecule has 0 aliphatic carbocycles. The highest BCUT2D eigenvalue weighted by Crippen LogP contribution is 2.43. The van der Waals surface area contributed by atoms with E-state index in [1.807, 2.05) is 82.0 Å². The molecular weight excluding hydrogens is 608 g/mol. The Morgan fingerprint density at radius 3 is 1.84 bits per heavy atom. The number of nitrogens with zero attached hydrogens (tertiary/aromatic N) is 6. The van der Waals surface area contributed by atoms with Gasteiger partial charge >= 0.3 is 0 Å². The van der Waals surface area contributed by atoms with Gasteiger partial charge in [0, 0.05) is 18.5 Å². The van der Waals surface area contributed by atoms with Gasteiger partial charge in [-0.05, 0) is 56.3 Å². The van der Waals surface area contributed by atoms with Gasteiger partial charge in [0.2, 0.25) is 0 Å². The van der Waals surface area contributed by atoms with Crippen molar-refractivity contribution in [2.45, 2.75) is 38.5 Å². The fourth-order valence-electron chi connectivity index (χ4n) is 6.83. The molecule has 242 valence electrons. The number of aliphatic hydroxyl groups is 1. The number of imidazole rings is 1. The molecule has 2 aromatic heterocycles. The molecule has 0 fully saturated rings. The smallest absolute Gasteiger partial charge is 0.184 e. The Labute approximate surface area is 285 Å². The summed E-state index contributed by atoms with van der Waals surface area (Å²) in [6.45, 7) is 2.20. The van der Waals surface area contributed by atoms with Gasteiger partial charge in [-0.2, -0.15) is 0 Å². The first-order valence-corrected chi connectivity index (χ1v) is 16.5. The van der Waals surface area contributed by atoms with Gasteiger partial charge < -0.3 is 9.67 Å². The molecule has 0 saturated heterocycles. The van der Waals surface area contributed by atoms with Crippen LogP contribution in [-0.4, -0.2) is 41.2 Å². The van der Waals surface area contributed by atoms with Crippen molar-refractivity contribution in [2.75, 3.05) is 0 Å². The molecule has 0 amide bonds. The van der Waals surface area contributed by atoms with Crippen LogP contribution in [0.15, 0.2) is 140 Å². The Morgan fingerprint density at radius 2 is 1.31 bits per heavy atom. The van der Waals surface area contributed by atoms with Gasteiger partial charge in [0.05, 0.1) is 12.3 Å². The third-order valence-corrected chi connectivity index (χ3v) is 9.03. The second-order valence-electron chi connectivity index (χ2n) is 11.9. The van der Waals surface area contributed by atoms with Gasteiger partial charge in [-0.1, -0.05) is 140 Å². The lowest BCUT2D eigenvalue weighted by Crippen LogP contribution is -2.39. The topological polar surface area (TPSA) is 98.7 Å². The van der Waals surface area contributed by atoms with Crippen molar-refractivity contribution in [2.24, 2.45) is 0 Å². The summed E-state index contributed by atoms with van der Waals surface area (Å²) in [5.41, 5.74) is 6.68. The first kappa shape index (κ1) is 31.6. The van der Waals surface area contributed by atoms with Crippen LogP contribution in [0.1, 0.15) is 57.6 Å². The molecule has 0 aliphatic heterocycles. The standard InChI is InChI=1S/C41H36N6O2/c1-2-15-39-42-37(28-48)38(29-49)46(39)27-30-24-25-35(31-16-7-3-8-17-31)36(26-30)40-43-44-45-47(40)41(32-18-9-4-10-19-32,33-20-11-5-12-21-33)34-22-13-6-14-23-34/h3-14,16-26,28,49H,2,15,27,29H2,1H3. The predicted octanol–water partition coefficient (Wildman–Crippen LogP) is 7.35. The number of hydrogen-bond acceptors (Lipinski definition) is 6. The largest absolute Gasteiger partial charge is 0.390 e. The van der Waals surface area contributed by atoms with Gasteiger partial charge in [0.15, 0.2) is 12.1 Å². The molecule has 0 spiro atoms. The fraction of sp³-hybridized carbons (Fsp3) is 0.146. The van der Waals surface area contributed by atoms with Gasteiger partial charge in [-0.3, -0.25) is 4.79 Å². The molecule has 49 heavy (non-hydrogen) atoms. The maximum atomic E-state index is 11.9. The van der Waals surface area contributed by atoms with Crippen molar-refractivity contribution in [3.63, 3.8) is 0 Å². The number of aryl methyl sites for hydroxylation is 1. The molecule has 0 bridgehead atoms. The van der Waals surface area contributed by atoms with Gasteiger partial charge in [0.1, 0.15) is 17.1 Å². The zero-order valence-corrected chi connectivity index (χ0v) is 27.2. The summed E-state index contributed by atoms with van der Waals surface area (Å²) in [6.07, 6.45) is 2.26. The van der Waals surface area contributed by atoms with E-state index in [2.05, 4.69) is 83.9 Å². The van der Waals surface area contributed by atoms with Gasteiger partial charge in [-0.25, -0.2) is 9.67 Å². The van der Waals surface area contributed by atoms with Crippen molar-refractivity contribution in [1.29, 1.82) is 0 Å². The zero-order valence-electron chi connectivity index (χ0n) is 27.2. The molecule has 0 aliphatic rings. The Bertz CT molecular complexity index is 2060. The summed E-state index contributed by atoms with van der Waals surface area (Å²) in [7, 11) is 0. The number of rotatable bonds is 12. The Morgan fingerprint density at radius 1 is 0.735 bits per heavy atom. The van der Waals surface area contributed by atoms with Crippen LogP contribution < -0.4 is 0 Å². The molecule has 8 nitrogen and oxygen atoms in total. The number of benzene rings is 5. The third-order valence-electron chi connectivity index (χ3n) is 9.03. The molecule has 8 heteroatoms. The summed E-state index contributed by atoms with van der Waals surface area (Å²) in [5, 5.41) is 24.2. The van der Waals surface area contributed by atoms with Crippen LogP contribution in [0.3, 0.4) is 0 Å². The van der Waals surface area contributed by atoms with E-state index in [4.69, 9.17) is 10.3 Å². The van der Waals surface area contributed by atoms with Crippen molar-refractivity contribution in [1.82, 2.24) is 29.8 Å². The molecule has 0 atom stereocenters. The van der Waals surface area contributed by atoms with E-state index >= 15 is 0 Å². The third kappa shape index (κ3) is 5.76. The molecule has 0 unspecified atom stereocenters. The average molecular weight is 645 g/mol. The summed E-state index contributed by atoms with van der Waals surface area (Å²) < 4.78 is 3.90. The Kier molecular flexibility index (Phi) is 9.04. The van der Waals surface area contributed by atoms with Gasteiger partial charge in [0.25, 0.3) is 0 Å². The number of tetrazole rings is 1. The number of aromatic nitrogens is 6. The van der Waals surface area contributed by atoms with E-state index < -0.39 is 5.54 Å². The summed E-state index contributed by atoms with van der Waals surface area (Å²) in [5.74, 6) is 1.36. The molecule has 0 radical (unpaired) electrons. The van der Waals surface area contributed by atoms with E-state index in [1.54, 1.807) is 0 Å². The highest BCUT2D eigenvalue weighted by molar-refractivity contribution is 5.81. The molecule has 5 aromatic carbocycles. The minimum atomic E-state index is -0.922. The highest BCUT2D eigenvalue weighted by atomic mass is 16.3. The maximum absolute atomic E-state index is 11.9. The minimum absolute atomic E-state index is 0.273. The van der Waals surface area contributed by atoms with Crippen LogP contribution in [0.5, 0.6) is 0 Å². The zero-order chi connectivity index (χ0) is 33.6. The second kappa shape index (κ2) is 14.0. The maximum Gasteiger partial charge on any atom is 0.184 e. The lowest BCUT2D eigenvalue weighted by Gasteiger charge is -2.36. The molecule has 7 aromatic rings. The monoisotopic (exact) mass is 644 g/mol. The number of carbonyl (C=O) groups is 1. The fourth-order valence-corrected chi connectivity index (χ4v) is 6.83. The van der Waals surface area contributed by atoms with Crippen molar-refractivity contribution >= 4 is 6.29 Å². The highest BCUT2D eigenvalue weighted by Gasteiger charge is 2.42.